The Balaban J connectivity index is 2.00. The number of carbonyl (C=O) groups excluding carboxylic acids is 1. The number of benzene rings is 2. The third-order valence-electron chi connectivity index (χ3n) is 3.43. The van der Waals surface area contributed by atoms with Crippen LogP contribution in [0.5, 0.6) is 17.2 Å². The van der Waals surface area contributed by atoms with Crippen molar-refractivity contribution >= 4 is 17.7 Å². The molecule has 0 atom stereocenters. The topological polar surface area (TPSA) is 56.8 Å². The van der Waals surface area contributed by atoms with Gasteiger partial charge in [-0.2, -0.15) is 0 Å². The Bertz CT molecular complexity index is 723. The van der Waals surface area contributed by atoms with Gasteiger partial charge in [0, 0.05) is 11.8 Å². The molecule has 0 radical (unpaired) electrons. The SMILES string of the molecule is CCCOc1ccc(/C=C/C(=O)Nc2ccc(OC)cc2)cc1OC. The van der Waals surface area contributed by atoms with E-state index in [0.29, 0.717) is 23.8 Å². The van der Waals surface area contributed by atoms with Crippen molar-refractivity contribution in [3.8, 4) is 17.2 Å². The molecule has 5 nitrogen and oxygen atoms in total. The predicted octanol–water partition coefficient (Wildman–Crippen LogP) is 4.14. The highest BCUT2D eigenvalue weighted by atomic mass is 16.5. The molecule has 0 saturated carbocycles. The van der Waals surface area contributed by atoms with Crippen LogP contribution in [0.25, 0.3) is 6.08 Å². The molecule has 1 N–H and O–H groups in total. The fraction of sp³-hybridized carbons (Fsp3) is 0.250. The normalized spacial score (nSPS) is 10.5. The Morgan fingerprint density at radius 1 is 1.04 bits per heavy atom. The summed E-state index contributed by atoms with van der Waals surface area (Å²) in [7, 11) is 3.20. The van der Waals surface area contributed by atoms with E-state index < -0.39 is 0 Å². The molecule has 0 spiro atoms. The Morgan fingerprint density at radius 2 is 1.80 bits per heavy atom. The van der Waals surface area contributed by atoms with Crippen LogP contribution in [0, 0.1) is 0 Å². The quantitative estimate of drug-likeness (QED) is 0.733. The molecule has 2 rings (SSSR count). The van der Waals surface area contributed by atoms with Gasteiger partial charge < -0.3 is 19.5 Å². The van der Waals surface area contributed by atoms with Crippen molar-refractivity contribution < 1.29 is 19.0 Å². The number of hydrogen-bond donors (Lipinski definition) is 1. The van der Waals surface area contributed by atoms with Gasteiger partial charge in [-0.3, -0.25) is 4.79 Å². The number of hydrogen-bond acceptors (Lipinski definition) is 4. The van der Waals surface area contributed by atoms with Crippen molar-refractivity contribution in [3.63, 3.8) is 0 Å². The average Bonchev–Trinajstić information content (AvgIpc) is 2.65. The van der Waals surface area contributed by atoms with Gasteiger partial charge in [-0.25, -0.2) is 0 Å². The summed E-state index contributed by atoms with van der Waals surface area (Å²) < 4.78 is 16.0. The van der Waals surface area contributed by atoms with E-state index in [1.54, 1.807) is 44.6 Å². The van der Waals surface area contributed by atoms with Crippen molar-refractivity contribution in [1.82, 2.24) is 0 Å². The number of amides is 1. The second-order valence-corrected chi connectivity index (χ2v) is 5.31. The number of ether oxygens (including phenoxy) is 3. The van der Waals surface area contributed by atoms with Gasteiger partial charge in [-0.15, -0.1) is 0 Å². The molecule has 0 aliphatic heterocycles. The van der Waals surface area contributed by atoms with Crippen molar-refractivity contribution in [1.29, 1.82) is 0 Å². The van der Waals surface area contributed by atoms with Gasteiger partial charge in [-0.05, 0) is 54.5 Å². The van der Waals surface area contributed by atoms with Crippen LogP contribution in [0.15, 0.2) is 48.5 Å². The summed E-state index contributed by atoms with van der Waals surface area (Å²) >= 11 is 0. The summed E-state index contributed by atoms with van der Waals surface area (Å²) in [5, 5.41) is 2.79. The number of rotatable bonds is 8. The number of carbonyl (C=O) groups is 1. The minimum absolute atomic E-state index is 0.213. The molecule has 0 saturated heterocycles. The molecule has 132 valence electrons. The van der Waals surface area contributed by atoms with E-state index >= 15 is 0 Å². The summed E-state index contributed by atoms with van der Waals surface area (Å²) in [4.78, 5) is 12.0. The van der Waals surface area contributed by atoms with Crippen molar-refractivity contribution in [2.45, 2.75) is 13.3 Å². The largest absolute Gasteiger partial charge is 0.497 e. The van der Waals surface area contributed by atoms with Crippen LogP contribution in [0.2, 0.25) is 0 Å². The summed E-state index contributed by atoms with van der Waals surface area (Å²) in [6, 6.07) is 12.7. The zero-order chi connectivity index (χ0) is 18.1. The fourth-order valence-electron chi connectivity index (χ4n) is 2.15. The molecular weight excluding hydrogens is 318 g/mol. The maximum atomic E-state index is 12.0. The Morgan fingerprint density at radius 3 is 2.44 bits per heavy atom. The zero-order valence-corrected chi connectivity index (χ0v) is 14.7. The maximum Gasteiger partial charge on any atom is 0.248 e. The zero-order valence-electron chi connectivity index (χ0n) is 14.7. The van der Waals surface area contributed by atoms with Gasteiger partial charge in [0.05, 0.1) is 20.8 Å². The molecule has 0 fully saturated rings. The first-order valence-corrected chi connectivity index (χ1v) is 8.10. The molecular formula is C20H23NO4. The van der Waals surface area contributed by atoms with Gasteiger partial charge in [0.25, 0.3) is 0 Å². The fourth-order valence-corrected chi connectivity index (χ4v) is 2.15. The van der Waals surface area contributed by atoms with Gasteiger partial charge in [0.1, 0.15) is 5.75 Å². The molecule has 0 unspecified atom stereocenters. The molecule has 25 heavy (non-hydrogen) atoms. The van der Waals surface area contributed by atoms with Gasteiger partial charge in [0.2, 0.25) is 5.91 Å². The van der Waals surface area contributed by atoms with E-state index in [2.05, 4.69) is 5.32 Å². The summed E-state index contributed by atoms with van der Waals surface area (Å²) in [6.07, 6.45) is 4.13. The first kappa shape index (κ1) is 18.4. The highest BCUT2D eigenvalue weighted by Crippen LogP contribution is 2.28. The highest BCUT2D eigenvalue weighted by molar-refractivity contribution is 6.01. The van der Waals surface area contributed by atoms with Gasteiger partial charge in [-0.1, -0.05) is 13.0 Å². The number of nitrogens with one attached hydrogen (secondary N) is 1. The minimum Gasteiger partial charge on any atom is -0.497 e. The lowest BCUT2D eigenvalue weighted by atomic mass is 10.2. The monoisotopic (exact) mass is 341 g/mol. The molecule has 2 aromatic rings. The maximum absolute atomic E-state index is 12.0. The molecule has 2 aromatic carbocycles. The van der Waals surface area contributed by atoms with Crippen LogP contribution < -0.4 is 19.5 Å². The minimum atomic E-state index is -0.213. The molecule has 0 aliphatic carbocycles. The van der Waals surface area contributed by atoms with E-state index in [9.17, 15) is 4.79 Å². The first-order chi connectivity index (χ1) is 12.2. The van der Waals surface area contributed by atoms with E-state index in [0.717, 1.165) is 17.7 Å². The smallest absolute Gasteiger partial charge is 0.248 e. The van der Waals surface area contributed by atoms with Crippen LogP contribution in [0.4, 0.5) is 5.69 Å². The lowest BCUT2D eigenvalue weighted by Gasteiger charge is -2.10. The molecule has 1 amide bonds. The van der Waals surface area contributed by atoms with E-state index in [4.69, 9.17) is 14.2 Å². The third kappa shape index (κ3) is 5.57. The predicted molar refractivity (Wildman–Crippen MR) is 99.4 cm³/mol. The van der Waals surface area contributed by atoms with E-state index in [1.807, 2.05) is 25.1 Å². The second-order valence-electron chi connectivity index (χ2n) is 5.31. The molecule has 0 bridgehead atoms. The van der Waals surface area contributed by atoms with Crippen LogP contribution in [-0.2, 0) is 4.79 Å². The van der Waals surface area contributed by atoms with Crippen molar-refractivity contribution in [2.24, 2.45) is 0 Å². The number of anilines is 1. The van der Waals surface area contributed by atoms with Crippen molar-refractivity contribution in [3.05, 3.63) is 54.1 Å². The summed E-state index contributed by atoms with van der Waals surface area (Å²) in [6.45, 7) is 2.68. The van der Waals surface area contributed by atoms with Crippen LogP contribution >= 0.6 is 0 Å². The van der Waals surface area contributed by atoms with Gasteiger partial charge in [0.15, 0.2) is 11.5 Å². The second kappa shape index (κ2) is 9.37. The lowest BCUT2D eigenvalue weighted by Crippen LogP contribution is -2.07. The standard InChI is InChI=1S/C20H23NO4/c1-4-13-25-18-11-5-15(14-19(18)24-3)6-12-20(22)21-16-7-9-17(23-2)10-8-16/h5-12,14H,4,13H2,1-3H3,(H,21,22)/b12-6+. The summed E-state index contributed by atoms with van der Waals surface area (Å²) in [5.74, 6) is 1.87. The Hall–Kier alpha value is -2.95. The molecule has 0 aromatic heterocycles. The summed E-state index contributed by atoms with van der Waals surface area (Å²) in [5.41, 5.74) is 1.56. The Labute approximate surface area is 148 Å². The Kier molecular flexibility index (Phi) is 6.89. The molecule has 5 heteroatoms. The lowest BCUT2D eigenvalue weighted by molar-refractivity contribution is -0.111. The highest BCUT2D eigenvalue weighted by Gasteiger charge is 2.05. The van der Waals surface area contributed by atoms with Crippen LogP contribution in [0.3, 0.4) is 0 Å². The number of methoxy groups -OCH3 is 2. The first-order valence-electron chi connectivity index (χ1n) is 8.10. The third-order valence-corrected chi connectivity index (χ3v) is 3.43. The van der Waals surface area contributed by atoms with Gasteiger partial charge >= 0.3 is 0 Å². The van der Waals surface area contributed by atoms with Crippen LogP contribution in [-0.4, -0.2) is 26.7 Å². The molecule has 0 heterocycles. The van der Waals surface area contributed by atoms with E-state index in [-0.39, 0.29) is 5.91 Å². The van der Waals surface area contributed by atoms with E-state index in [1.165, 1.54) is 6.08 Å². The van der Waals surface area contributed by atoms with Crippen LogP contribution in [0.1, 0.15) is 18.9 Å². The van der Waals surface area contributed by atoms with Crippen molar-refractivity contribution in [2.75, 3.05) is 26.1 Å². The average molecular weight is 341 g/mol. The molecule has 0 aliphatic rings.